The minimum Gasteiger partial charge on any atom is -0.484 e. The summed E-state index contributed by atoms with van der Waals surface area (Å²) < 4.78 is 5.87. The Bertz CT molecular complexity index is 898. The van der Waals surface area contributed by atoms with Crippen LogP contribution in [0.25, 0.3) is 10.9 Å². The summed E-state index contributed by atoms with van der Waals surface area (Å²) >= 11 is 5.33. The molecule has 1 atom stereocenters. The van der Waals surface area contributed by atoms with Gasteiger partial charge >= 0.3 is 0 Å². The largest absolute Gasteiger partial charge is 0.484 e. The van der Waals surface area contributed by atoms with Crippen molar-refractivity contribution in [2.75, 3.05) is 0 Å². The second kappa shape index (κ2) is 7.05. The highest BCUT2D eigenvalue weighted by atomic mass is 32.1. The van der Waals surface area contributed by atoms with Crippen LogP contribution in [0.4, 0.5) is 0 Å². The molecule has 0 bridgehead atoms. The fourth-order valence-electron chi connectivity index (χ4n) is 1.98. The summed E-state index contributed by atoms with van der Waals surface area (Å²) in [5.74, 6) is 8.21. The maximum Gasteiger partial charge on any atom is 0.158 e. The highest BCUT2D eigenvalue weighted by molar-refractivity contribution is 7.80. The van der Waals surface area contributed by atoms with Crippen molar-refractivity contribution in [2.45, 2.75) is 25.5 Å². The van der Waals surface area contributed by atoms with Gasteiger partial charge in [0.05, 0.1) is 5.52 Å². The Balaban J connectivity index is 2.17. The van der Waals surface area contributed by atoms with Gasteiger partial charge in [0.1, 0.15) is 16.8 Å². The molecule has 3 nitrogen and oxygen atoms in total. The fraction of sp³-hybridized carbons (Fsp3) is 0.200. The first kappa shape index (κ1) is 17.4. The molecule has 0 amide bonds. The number of aromatic nitrogens is 1. The Morgan fingerprint density at radius 3 is 2.62 bits per heavy atom. The number of nitrogens with one attached hydrogen (secondary N) is 1. The van der Waals surface area contributed by atoms with Gasteiger partial charge in [-0.25, -0.2) is 0 Å². The number of fused-ring (bicyclic) bond motifs is 1. The zero-order valence-corrected chi connectivity index (χ0v) is 14.3. The highest BCUT2D eigenvalue weighted by Crippen LogP contribution is 2.21. The quantitative estimate of drug-likeness (QED) is 0.690. The number of hydrogen-bond acceptors (Lipinski definition) is 3. The number of terminal acetylenes is 3. The van der Waals surface area contributed by atoms with E-state index in [0.717, 1.165) is 10.9 Å². The van der Waals surface area contributed by atoms with Crippen LogP contribution in [0.5, 0.6) is 5.75 Å². The Morgan fingerprint density at radius 2 is 2.00 bits per heavy atom. The molecule has 0 saturated heterocycles. The molecule has 118 valence electrons. The van der Waals surface area contributed by atoms with Crippen molar-refractivity contribution in [1.82, 2.24) is 10.3 Å². The molecule has 1 heterocycles. The maximum atomic E-state index is 5.87. The lowest BCUT2D eigenvalue weighted by Gasteiger charge is -2.24. The van der Waals surface area contributed by atoms with Crippen molar-refractivity contribution >= 4 is 28.1 Å². The number of hydrogen-bond donors (Lipinski definition) is 1. The van der Waals surface area contributed by atoms with Crippen LogP contribution in [0.2, 0.25) is 0 Å². The lowest BCUT2D eigenvalue weighted by molar-refractivity contribution is 0.284. The molecule has 0 radical (unpaired) electrons. The van der Waals surface area contributed by atoms with Crippen molar-refractivity contribution < 1.29 is 4.74 Å². The molecule has 24 heavy (non-hydrogen) atoms. The van der Waals surface area contributed by atoms with E-state index < -0.39 is 11.6 Å². The van der Waals surface area contributed by atoms with E-state index in [9.17, 15) is 0 Å². The van der Waals surface area contributed by atoms with Gasteiger partial charge in [0.15, 0.2) is 5.54 Å². The van der Waals surface area contributed by atoms with Crippen LogP contribution in [0.15, 0.2) is 30.5 Å². The van der Waals surface area contributed by atoms with Gasteiger partial charge < -0.3 is 10.1 Å². The van der Waals surface area contributed by atoms with E-state index in [2.05, 4.69) is 28.1 Å². The van der Waals surface area contributed by atoms with E-state index in [-0.39, 0.29) is 0 Å². The Kier molecular flexibility index (Phi) is 5.10. The average molecular weight is 332 g/mol. The average Bonchev–Trinajstić information content (AvgIpc) is 2.60. The molecule has 2 aromatic rings. The summed E-state index contributed by atoms with van der Waals surface area (Å²) in [6.07, 6.45) is 17.5. The fourth-order valence-corrected chi connectivity index (χ4v) is 2.23. The van der Waals surface area contributed by atoms with Gasteiger partial charge in [-0.15, -0.1) is 19.3 Å². The molecule has 0 aliphatic heterocycles. The van der Waals surface area contributed by atoms with E-state index in [1.165, 1.54) is 0 Å². The van der Waals surface area contributed by atoms with Crippen LogP contribution >= 0.6 is 12.2 Å². The molecule has 1 aromatic heterocycles. The second-order valence-electron chi connectivity index (χ2n) is 5.39. The number of rotatable bonds is 4. The molecular formula is C20H16N2OS. The predicted octanol–water partition coefficient (Wildman–Crippen LogP) is 2.93. The third-order valence-electron chi connectivity index (χ3n) is 3.45. The van der Waals surface area contributed by atoms with Crippen LogP contribution in [0.3, 0.4) is 0 Å². The van der Waals surface area contributed by atoms with E-state index in [4.69, 9.17) is 36.2 Å². The van der Waals surface area contributed by atoms with Crippen molar-refractivity contribution in [3.05, 3.63) is 36.0 Å². The minimum absolute atomic E-state index is 0.401. The van der Waals surface area contributed by atoms with Gasteiger partial charge in [0.25, 0.3) is 0 Å². The number of pyridine rings is 1. The molecule has 1 N–H and O–H groups in total. The molecule has 1 aromatic carbocycles. The molecule has 0 spiro atoms. The number of benzene rings is 1. The molecule has 0 aliphatic rings. The number of thiocarbonyl (C=S) groups is 1. The lowest BCUT2D eigenvalue weighted by atomic mass is 10.1. The first-order valence-corrected chi connectivity index (χ1v) is 7.62. The summed E-state index contributed by atoms with van der Waals surface area (Å²) in [5, 5.41) is 3.86. The zero-order chi connectivity index (χ0) is 17.7. The normalized spacial score (nSPS) is 11.6. The van der Waals surface area contributed by atoms with Crippen LogP contribution < -0.4 is 10.1 Å². The molecule has 4 heteroatoms. The SMILES string of the molecule is C#Cc1cnc2ccc(OC(C)C(=S)NC(C)(C#C)C#C)cc2c1. The van der Waals surface area contributed by atoms with Gasteiger partial charge in [-0.3, -0.25) is 4.98 Å². The third-order valence-corrected chi connectivity index (χ3v) is 3.89. The van der Waals surface area contributed by atoms with Crippen molar-refractivity contribution in [3.8, 4) is 42.8 Å². The highest BCUT2D eigenvalue weighted by Gasteiger charge is 2.22. The van der Waals surface area contributed by atoms with E-state index >= 15 is 0 Å². The second-order valence-corrected chi connectivity index (χ2v) is 5.83. The van der Waals surface area contributed by atoms with E-state index in [1.807, 2.05) is 31.2 Å². The minimum atomic E-state index is -0.941. The molecule has 2 rings (SSSR count). The summed E-state index contributed by atoms with van der Waals surface area (Å²) in [4.78, 5) is 4.73. The third kappa shape index (κ3) is 3.85. The van der Waals surface area contributed by atoms with Gasteiger partial charge in [0, 0.05) is 17.1 Å². The molecule has 0 fully saturated rings. The number of nitrogens with zero attached hydrogens (tertiary/aromatic N) is 1. The van der Waals surface area contributed by atoms with Crippen LogP contribution in [0, 0.1) is 37.0 Å². The van der Waals surface area contributed by atoms with E-state index in [0.29, 0.717) is 16.3 Å². The number of ether oxygens (including phenoxy) is 1. The van der Waals surface area contributed by atoms with Gasteiger partial charge in [-0.2, -0.15) is 0 Å². The van der Waals surface area contributed by atoms with Gasteiger partial charge in [-0.05, 0) is 38.1 Å². The smallest absolute Gasteiger partial charge is 0.158 e. The zero-order valence-electron chi connectivity index (χ0n) is 13.5. The molecule has 1 unspecified atom stereocenters. The first-order chi connectivity index (χ1) is 11.4. The topological polar surface area (TPSA) is 34.1 Å². The van der Waals surface area contributed by atoms with Crippen molar-refractivity contribution in [2.24, 2.45) is 0 Å². The van der Waals surface area contributed by atoms with Crippen molar-refractivity contribution in [1.29, 1.82) is 0 Å². The summed E-state index contributed by atoms with van der Waals surface area (Å²) in [6.45, 7) is 3.53. The standard InChI is InChI=1S/C20H16N2OS/c1-6-15-11-16-12-17(9-10-18(16)21-13-15)23-14(4)19(24)22-20(5,7-2)8-3/h1-3,9-14H,4-5H3,(H,22,24). The van der Waals surface area contributed by atoms with Gasteiger partial charge in [0.2, 0.25) is 0 Å². The van der Waals surface area contributed by atoms with Crippen LogP contribution in [-0.2, 0) is 0 Å². The monoisotopic (exact) mass is 332 g/mol. The van der Waals surface area contributed by atoms with Crippen LogP contribution in [-0.4, -0.2) is 21.6 Å². The molecule has 0 saturated carbocycles. The van der Waals surface area contributed by atoms with Gasteiger partial charge in [-0.1, -0.05) is 30.0 Å². The lowest BCUT2D eigenvalue weighted by Crippen LogP contribution is -2.47. The first-order valence-electron chi connectivity index (χ1n) is 7.21. The maximum absolute atomic E-state index is 5.87. The molecular weight excluding hydrogens is 316 g/mol. The Hall–Kier alpha value is -3.00. The van der Waals surface area contributed by atoms with Crippen molar-refractivity contribution in [3.63, 3.8) is 0 Å². The van der Waals surface area contributed by atoms with E-state index in [1.54, 1.807) is 13.1 Å². The summed E-state index contributed by atoms with van der Waals surface area (Å²) in [5.41, 5.74) is 0.606. The molecule has 0 aliphatic carbocycles. The Labute approximate surface area is 147 Å². The summed E-state index contributed by atoms with van der Waals surface area (Å²) in [7, 11) is 0. The summed E-state index contributed by atoms with van der Waals surface area (Å²) in [6, 6.07) is 7.43. The predicted molar refractivity (Wildman–Crippen MR) is 102 cm³/mol. The van der Waals surface area contributed by atoms with Crippen LogP contribution in [0.1, 0.15) is 19.4 Å². The Morgan fingerprint density at radius 1 is 1.29 bits per heavy atom.